The van der Waals surface area contributed by atoms with E-state index in [1.165, 1.54) is 5.19 Å². The van der Waals surface area contributed by atoms with Gasteiger partial charge < -0.3 is 4.43 Å². The van der Waals surface area contributed by atoms with Gasteiger partial charge in [-0.15, -0.1) is 0 Å². The molecule has 0 N–H and O–H groups in total. The van der Waals surface area contributed by atoms with Crippen LogP contribution in [0.25, 0.3) is 5.76 Å². The molecule has 2 heteroatoms. The maximum Gasteiger partial charge on any atom is 0.276 e. The summed E-state index contributed by atoms with van der Waals surface area (Å²) < 4.78 is 6.36. The molecule has 0 aliphatic heterocycles. The Morgan fingerprint density at radius 1 is 0.895 bits per heavy atom. The molecule has 2 aromatic carbocycles. The Bertz CT molecular complexity index is 544. The van der Waals surface area contributed by atoms with Crippen molar-refractivity contribution in [2.45, 2.75) is 20.0 Å². The SMILES string of the molecule is C/C=C(/O[Si](C)(C)c1ccccc1)c1ccccc1. The van der Waals surface area contributed by atoms with Gasteiger partial charge in [0.15, 0.2) is 0 Å². The summed E-state index contributed by atoms with van der Waals surface area (Å²) in [6.45, 7) is 6.49. The highest BCUT2D eigenvalue weighted by Gasteiger charge is 2.27. The molecule has 0 saturated heterocycles. The van der Waals surface area contributed by atoms with Crippen LogP contribution in [-0.2, 0) is 4.43 Å². The molecular formula is C17H20OSi. The zero-order chi connectivity index (χ0) is 13.7. The van der Waals surface area contributed by atoms with Gasteiger partial charge in [-0.25, -0.2) is 0 Å². The molecule has 0 saturated carbocycles. The number of hydrogen-bond donors (Lipinski definition) is 0. The Labute approximate surface area is 116 Å². The first-order valence-electron chi connectivity index (χ1n) is 6.60. The quantitative estimate of drug-likeness (QED) is 0.597. The van der Waals surface area contributed by atoms with E-state index in [1.54, 1.807) is 0 Å². The zero-order valence-corrected chi connectivity index (χ0v) is 12.8. The third-order valence-electron chi connectivity index (χ3n) is 3.15. The van der Waals surface area contributed by atoms with Crippen LogP contribution in [0.5, 0.6) is 0 Å². The summed E-state index contributed by atoms with van der Waals surface area (Å²) in [5.74, 6) is 0.973. The summed E-state index contributed by atoms with van der Waals surface area (Å²) >= 11 is 0. The zero-order valence-electron chi connectivity index (χ0n) is 11.8. The monoisotopic (exact) mass is 268 g/mol. The molecule has 0 amide bonds. The number of rotatable bonds is 4. The maximum absolute atomic E-state index is 6.36. The van der Waals surface area contributed by atoms with Crippen LogP contribution in [0.3, 0.4) is 0 Å². The van der Waals surface area contributed by atoms with E-state index in [-0.39, 0.29) is 0 Å². The summed E-state index contributed by atoms with van der Waals surface area (Å²) in [7, 11) is -1.91. The lowest BCUT2D eigenvalue weighted by atomic mass is 10.2. The van der Waals surface area contributed by atoms with Crippen molar-refractivity contribution >= 4 is 19.3 Å². The lowest BCUT2D eigenvalue weighted by molar-refractivity contribution is 0.520. The summed E-state index contributed by atoms with van der Waals surface area (Å²) in [5.41, 5.74) is 1.14. The van der Waals surface area contributed by atoms with Gasteiger partial charge >= 0.3 is 0 Å². The van der Waals surface area contributed by atoms with Crippen LogP contribution in [-0.4, -0.2) is 8.32 Å². The van der Waals surface area contributed by atoms with E-state index in [0.717, 1.165) is 11.3 Å². The van der Waals surface area contributed by atoms with Crippen LogP contribution in [0.4, 0.5) is 0 Å². The molecule has 2 rings (SSSR count). The van der Waals surface area contributed by atoms with E-state index < -0.39 is 8.32 Å². The first-order chi connectivity index (χ1) is 9.13. The number of benzene rings is 2. The van der Waals surface area contributed by atoms with Crippen molar-refractivity contribution < 1.29 is 4.43 Å². The van der Waals surface area contributed by atoms with E-state index in [2.05, 4.69) is 49.5 Å². The highest BCUT2D eigenvalue weighted by molar-refractivity contribution is 6.85. The molecule has 0 heterocycles. The molecule has 0 aliphatic rings. The Morgan fingerprint density at radius 2 is 1.42 bits per heavy atom. The largest absolute Gasteiger partial charge is 0.539 e. The third-order valence-corrected chi connectivity index (χ3v) is 5.61. The molecule has 0 spiro atoms. The Kier molecular flexibility index (Phi) is 4.22. The fraction of sp³-hybridized carbons (Fsp3) is 0.176. The lowest BCUT2D eigenvalue weighted by Gasteiger charge is -2.26. The van der Waals surface area contributed by atoms with Gasteiger partial charge in [-0.1, -0.05) is 60.7 Å². The molecule has 0 radical (unpaired) electrons. The standard InChI is InChI=1S/C17H20OSi/c1-4-17(15-11-7-5-8-12-15)18-19(2,3)16-13-9-6-10-14-16/h4-14H,1-3H3/b17-4+. The summed E-state index contributed by atoms with van der Waals surface area (Å²) in [5, 5.41) is 1.31. The van der Waals surface area contributed by atoms with Gasteiger partial charge in [-0.05, 0) is 31.3 Å². The van der Waals surface area contributed by atoms with Crippen molar-refractivity contribution in [2.75, 3.05) is 0 Å². The normalized spacial score (nSPS) is 12.3. The smallest absolute Gasteiger partial charge is 0.276 e. The van der Waals surface area contributed by atoms with Crippen molar-refractivity contribution in [3.63, 3.8) is 0 Å². The molecule has 1 nitrogen and oxygen atoms in total. The predicted molar refractivity (Wildman–Crippen MR) is 84.7 cm³/mol. The van der Waals surface area contributed by atoms with Crippen LogP contribution >= 0.6 is 0 Å². The summed E-state index contributed by atoms with van der Waals surface area (Å²) in [6.07, 6.45) is 2.05. The first-order valence-corrected chi connectivity index (χ1v) is 9.50. The molecular weight excluding hydrogens is 248 g/mol. The Morgan fingerprint density at radius 3 is 1.95 bits per heavy atom. The molecule has 0 aromatic heterocycles. The van der Waals surface area contributed by atoms with Crippen LogP contribution in [0.15, 0.2) is 66.7 Å². The Hall–Kier alpha value is -1.80. The Balaban J connectivity index is 2.24. The third kappa shape index (κ3) is 3.35. The second-order valence-corrected chi connectivity index (χ2v) is 8.80. The molecule has 0 atom stereocenters. The van der Waals surface area contributed by atoms with Crippen LogP contribution in [0, 0.1) is 0 Å². The van der Waals surface area contributed by atoms with E-state index in [1.807, 2.05) is 37.3 Å². The minimum Gasteiger partial charge on any atom is -0.539 e. The van der Waals surface area contributed by atoms with Crippen LogP contribution < -0.4 is 5.19 Å². The van der Waals surface area contributed by atoms with E-state index in [4.69, 9.17) is 4.43 Å². The fourth-order valence-electron chi connectivity index (χ4n) is 2.06. The molecule has 0 unspecified atom stereocenters. The van der Waals surface area contributed by atoms with E-state index in [0.29, 0.717) is 0 Å². The summed E-state index contributed by atoms with van der Waals surface area (Å²) in [6, 6.07) is 20.8. The molecule has 19 heavy (non-hydrogen) atoms. The second kappa shape index (κ2) is 5.89. The number of hydrogen-bond acceptors (Lipinski definition) is 1. The van der Waals surface area contributed by atoms with Crippen molar-refractivity contribution in [3.05, 3.63) is 72.3 Å². The molecule has 2 aromatic rings. The van der Waals surface area contributed by atoms with Gasteiger partial charge in [-0.2, -0.15) is 0 Å². The highest BCUT2D eigenvalue weighted by Crippen LogP contribution is 2.20. The second-order valence-electron chi connectivity index (χ2n) is 5.00. The topological polar surface area (TPSA) is 9.23 Å². The fourth-order valence-corrected chi connectivity index (χ4v) is 3.96. The van der Waals surface area contributed by atoms with Crippen molar-refractivity contribution in [2.24, 2.45) is 0 Å². The van der Waals surface area contributed by atoms with Gasteiger partial charge in [0.05, 0.1) is 0 Å². The minimum absolute atomic E-state index is 0.973. The first kappa shape index (κ1) is 13.6. The highest BCUT2D eigenvalue weighted by atomic mass is 28.4. The maximum atomic E-state index is 6.36. The lowest BCUT2D eigenvalue weighted by Crippen LogP contribution is -2.44. The van der Waals surface area contributed by atoms with Gasteiger partial charge in [0.2, 0.25) is 0 Å². The molecule has 0 bridgehead atoms. The molecule has 0 fully saturated rings. The van der Waals surface area contributed by atoms with Gasteiger partial charge in [-0.3, -0.25) is 0 Å². The van der Waals surface area contributed by atoms with Gasteiger partial charge in [0.25, 0.3) is 8.32 Å². The van der Waals surface area contributed by atoms with Crippen molar-refractivity contribution in [1.29, 1.82) is 0 Å². The number of allylic oxidation sites excluding steroid dienone is 1. The van der Waals surface area contributed by atoms with Gasteiger partial charge in [0, 0.05) is 5.56 Å². The van der Waals surface area contributed by atoms with Crippen molar-refractivity contribution in [3.8, 4) is 0 Å². The van der Waals surface area contributed by atoms with E-state index >= 15 is 0 Å². The predicted octanol–water partition coefficient (Wildman–Crippen LogP) is 4.18. The van der Waals surface area contributed by atoms with Crippen LogP contribution in [0.1, 0.15) is 12.5 Å². The molecule has 98 valence electrons. The van der Waals surface area contributed by atoms with Crippen LogP contribution in [0.2, 0.25) is 13.1 Å². The average molecular weight is 268 g/mol. The van der Waals surface area contributed by atoms with Crippen molar-refractivity contribution in [1.82, 2.24) is 0 Å². The minimum atomic E-state index is -1.91. The van der Waals surface area contributed by atoms with E-state index in [9.17, 15) is 0 Å². The molecule has 0 aliphatic carbocycles. The van der Waals surface area contributed by atoms with Gasteiger partial charge in [0.1, 0.15) is 5.76 Å². The average Bonchev–Trinajstić information content (AvgIpc) is 2.47. The summed E-state index contributed by atoms with van der Waals surface area (Å²) in [4.78, 5) is 0.